The molecule has 1 N–H and O–H groups in total. The monoisotopic (exact) mass is 296 g/mol. The van der Waals surface area contributed by atoms with Gasteiger partial charge in [0.25, 0.3) is 0 Å². The fraction of sp³-hybridized carbons (Fsp3) is 0.625. The van der Waals surface area contributed by atoms with Crippen LogP contribution in [0.4, 0.5) is 4.39 Å². The fourth-order valence-corrected chi connectivity index (χ4v) is 2.93. The van der Waals surface area contributed by atoms with Crippen LogP contribution in [0, 0.1) is 5.82 Å². The van der Waals surface area contributed by atoms with Crippen LogP contribution in [-0.2, 0) is 0 Å². The summed E-state index contributed by atoms with van der Waals surface area (Å²) in [5.41, 5.74) is 0.705. The van der Waals surface area contributed by atoms with Crippen LogP contribution < -0.4 is 14.8 Å². The summed E-state index contributed by atoms with van der Waals surface area (Å²) in [7, 11) is 3.11. The van der Waals surface area contributed by atoms with Crippen molar-refractivity contribution in [3.05, 3.63) is 23.5 Å². The van der Waals surface area contributed by atoms with Crippen molar-refractivity contribution in [2.75, 3.05) is 40.4 Å². The third kappa shape index (κ3) is 3.66. The van der Waals surface area contributed by atoms with Crippen LogP contribution in [0.5, 0.6) is 11.5 Å². The number of nitrogens with zero attached hydrogens (tertiary/aromatic N) is 1. The first-order valence-electron chi connectivity index (χ1n) is 7.57. The molecule has 0 radical (unpaired) electrons. The van der Waals surface area contributed by atoms with Crippen LogP contribution in [0.15, 0.2) is 12.1 Å². The molecule has 1 aromatic carbocycles. The van der Waals surface area contributed by atoms with Gasteiger partial charge in [0, 0.05) is 43.9 Å². The summed E-state index contributed by atoms with van der Waals surface area (Å²) in [5.74, 6) is 0.809. The Labute approximate surface area is 126 Å². The number of hydrogen-bond donors (Lipinski definition) is 1. The molecule has 0 amide bonds. The molecular formula is C16H25FN2O2. The topological polar surface area (TPSA) is 33.7 Å². The number of rotatable bonds is 6. The van der Waals surface area contributed by atoms with E-state index in [4.69, 9.17) is 9.47 Å². The molecule has 0 aromatic heterocycles. The Morgan fingerprint density at radius 2 is 1.81 bits per heavy atom. The lowest BCUT2D eigenvalue weighted by Gasteiger charge is -2.35. The summed E-state index contributed by atoms with van der Waals surface area (Å²) in [6, 6.07) is 3.31. The lowest BCUT2D eigenvalue weighted by Crippen LogP contribution is -2.45. The molecule has 1 atom stereocenters. The SMILES string of the molecule is CCC[C@@H](c1cc(OC)c(OC)cc1F)N1CCNCC1. The molecular weight excluding hydrogens is 271 g/mol. The molecule has 1 aliphatic rings. The molecule has 2 rings (SSSR count). The van der Waals surface area contributed by atoms with Crippen molar-refractivity contribution in [3.63, 3.8) is 0 Å². The molecule has 1 aromatic rings. The minimum Gasteiger partial charge on any atom is -0.493 e. The normalized spacial score (nSPS) is 17.5. The first-order chi connectivity index (χ1) is 10.2. The largest absolute Gasteiger partial charge is 0.493 e. The Morgan fingerprint density at radius 1 is 1.19 bits per heavy atom. The first kappa shape index (κ1) is 16.0. The Hall–Kier alpha value is -1.33. The van der Waals surface area contributed by atoms with Crippen molar-refractivity contribution in [3.8, 4) is 11.5 Å². The van der Waals surface area contributed by atoms with E-state index in [2.05, 4.69) is 17.1 Å². The van der Waals surface area contributed by atoms with Gasteiger partial charge in [-0.25, -0.2) is 4.39 Å². The van der Waals surface area contributed by atoms with Gasteiger partial charge in [-0.3, -0.25) is 4.90 Å². The van der Waals surface area contributed by atoms with Crippen molar-refractivity contribution >= 4 is 0 Å². The summed E-state index contributed by atoms with van der Waals surface area (Å²) in [6.07, 6.45) is 1.95. The highest BCUT2D eigenvalue weighted by Gasteiger charge is 2.25. The van der Waals surface area contributed by atoms with Gasteiger partial charge in [-0.1, -0.05) is 13.3 Å². The van der Waals surface area contributed by atoms with E-state index in [1.165, 1.54) is 13.2 Å². The lowest BCUT2D eigenvalue weighted by atomic mass is 9.98. The van der Waals surface area contributed by atoms with E-state index >= 15 is 0 Å². The predicted octanol–water partition coefficient (Wildman–Crippen LogP) is 2.59. The van der Waals surface area contributed by atoms with Gasteiger partial charge in [0.05, 0.1) is 14.2 Å². The molecule has 0 aliphatic carbocycles. The summed E-state index contributed by atoms with van der Waals surface area (Å²) < 4.78 is 25.0. The number of nitrogens with one attached hydrogen (secondary N) is 1. The van der Waals surface area contributed by atoms with Gasteiger partial charge >= 0.3 is 0 Å². The van der Waals surface area contributed by atoms with Gasteiger partial charge in [0.2, 0.25) is 0 Å². The molecule has 1 saturated heterocycles. The summed E-state index contributed by atoms with van der Waals surface area (Å²) in [5, 5.41) is 3.34. The zero-order chi connectivity index (χ0) is 15.2. The average molecular weight is 296 g/mol. The highest BCUT2D eigenvalue weighted by Crippen LogP contribution is 2.36. The molecule has 5 heteroatoms. The average Bonchev–Trinajstić information content (AvgIpc) is 2.53. The molecule has 0 saturated carbocycles. The van der Waals surface area contributed by atoms with Crippen molar-refractivity contribution in [2.24, 2.45) is 0 Å². The van der Waals surface area contributed by atoms with E-state index in [-0.39, 0.29) is 11.9 Å². The second-order valence-corrected chi connectivity index (χ2v) is 5.32. The Morgan fingerprint density at radius 3 is 2.38 bits per heavy atom. The van der Waals surface area contributed by atoms with E-state index in [1.54, 1.807) is 13.2 Å². The summed E-state index contributed by atoms with van der Waals surface area (Å²) in [4.78, 5) is 2.35. The smallest absolute Gasteiger partial charge is 0.163 e. The van der Waals surface area contributed by atoms with E-state index in [1.807, 2.05) is 0 Å². The van der Waals surface area contributed by atoms with Crippen LogP contribution >= 0.6 is 0 Å². The molecule has 0 spiro atoms. The standard InChI is InChI=1S/C16H25FN2O2/c1-4-5-14(19-8-6-18-7-9-19)12-10-15(20-2)16(21-3)11-13(12)17/h10-11,14,18H,4-9H2,1-3H3/t14-/m0/s1. The van der Waals surface area contributed by atoms with Gasteiger partial charge in [-0.2, -0.15) is 0 Å². The maximum atomic E-state index is 14.5. The van der Waals surface area contributed by atoms with E-state index in [0.717, 1.165) is 39.0 Å². The van der Waals surface area contributed by atoms with Gasteiger partial charge in [0.15, 0.2) is 11.5 Å². The van der Waals surface area contributed by atoms with Crippen LogP contribution in [0.3, 0.4) is 0 Å². The number of ether oxygens (including phenoxy) is 2. The zero-order valence-corrected chi connectivity index (χ0v) is 13.1. The van der Waals surface area contributed by atoms with Crippen molar-refractivity contribution < 1.29 is 13.9 Å². The number of methoxy groups -OCH3 is 2. The van der Waals surface area contributed by atoms with Crippen molar-refractivity contribution in [2.45, 2.75) is 25.8 Å². The van der Waals surface area contributed by atoms with Crippen LogP contribution in [0.1, 0.15) is 31.4 Å². The predicted molar refractivity (Wildman–Crippen MR) is 81.6 cm³/mol. The molecule has 1 fully saturated rings. The zero-order valence-electron chi connectivity index (χ0n) is 13.1. The highest BCUT2D eigenvalue weighted by molar-refractivity contribution is 5.44. The van der Waals surface area contributed by atoms with Crippen LogP contribution in [0.25, 0.3) is 0 Å². The Balaban J connectivity index is 2.34. The van der Waals surface area contributed by atoms with Crippen LogP contribution in [0.2, 0.25) is 0 Å². The highest BCUT2D eigenvalue weighted by atomic mass is 19.1. The number of benzene rings is 1. The molecule has 0 unspecified atom stereocenters. The third-order valence-electron chi connectivity index (χ3n) is 4.02. The fourth-order valence-electron chi connectivity index (χ4n) is 2.93. The quantitative estimate of drug-likeness (QED) is 0.875. The number of piperazine rings is 1. The van der Waals surface area contributed by atoms with Crippen LogP contribution in [-0.4, -0.2) is 45.3 Å². The van der Waals surface area contributed by atoms with Gasteiger partial charge in [-0.05, 0) is 12.5 Å². The number of halogens is 1. The summed E-state index contributed by atoms with van der Waals surface area (Å²) >= 11 is 0. The minimum absolute atomic E-state index is 0.0944. The van der Waals surface area contributed by atoms with Gasteiger partial charge in [0.1, 0.15) is 5.82 Å². The van der Waals surface area contributed by atoms with Gasteiger partial charge < -0.3 is 14.8 Å². The molecule has 0 bridgehead atoms. The van der Waals surface area contributed by atoms with E-state index in [9.17, 15) is 4.39 Å². The van der Waals surface area contributed by atoms with E-state index in [0.29, 0.717) is 17.1 Å². The maximum absolute atomic E-state index is 14.5. The summed E-state index contributed by atoms with van der Waals surface area (Å²) in [6.45, 7) is 5.93. The van der Waals surface area contributed by atoms with E-state index < -0.39 is 0 Å². The van der Waals surface area contributed by atoms with Crippen molar-refractivity contribution in [1.82, 2.24) is 10.2 Å². The minimum atomic E-state index is -0.218. The maximum Gasteiger partial charge on any atom is 0.163 e. The third-order valence-corrected chi connectivity index (χ3v) is 4.02. The van der Waals surface area contributed by atoms with Crippen molar-refractivity contribution in [1.29, 1.82) is 0 Å². The molecule has 4 nitrogen and oxygen atoms in total. The molecule has 118 valence electrons. The second-order valence-electron chi connectivity index (χ2n) is 5.32. The molecule has 21 heavy (non-hydrogen) atoms. The Kier molecular flexibility index (Phi) is 5.82. The molecule has 1 aliphatic heterocycles. The Bertz CT molecular complexity index is 462. The number of hydrogen-bond acceptors (Lipinski definition) is 4. The van der Waals surface area contributed by atoms with Gasteiger partial charge in [-0.15, -0.1) is 0 Å². The lowest BCUT2D eigenvalue weighted by molar-refractivity contribution is 0.161. The second kappa shape index (κ2) is 7.61. The molecule has 1 heterocycles. The first-order valence-corrected chi connectivity index (χ1v) is 7.57.